The Labute approximate surface area is 156 Å². The van der Waals surface area contributed by atoms with E-state index in [0.29, 0.717) is 17.7 Å². The number of hydrogen-bond donors (Lipinski definition) is 1. The third-order valence-corrected chi connectivity index (χ3v) is 3.68. The first kappa shape index (κ1) is 21.4. The molecule has 0 spiro atoms. The van der Waals surface area contributed by atoms with E-state index in [2.05, 4.69) is 10.1 Å². The number of halogens is 6. The molecule has 0 aliphatic heterocycles. The maximum Gasteiger partial charge on any atom is 0.419 e. The summed E-state index contributed by atoms with van der Waals surface area (Å²) in [6, 6.07) is 6.19. The molecule has 152 valence electrons. The zero-order valence-corrected chi connectivity index (χ0v) is 14.4. The first-order valence-corrected chi connectivity index (χ1v) is 7.88. The van der Waals surface area contributed by atoms with E-state index in [4.69, 9.17) is 4.74 Å². The van der Waals surface area contributed by atoms with Gasteiger partial charge >= 0.3 is 12.8 Å². The highest BCUT2D eigenvalue weighted by molar-refractivity contribution is 5.94. The predicted molar refractivity (Wildman–Crippen MR) is 87.1 cm³/mol. The Morgan fingerprint density at radius 1 is 1.11 bits per heavy atom. The molecule has 28 heavy (non-hydrogen) atoms. The molecule has 2 aromatic carbocycles. The highest BCUT2D eigenvalue weighted by Crippen LogP contribution is 2.32. The molecule has 0 unspecified atom stereocenters. The van der Waals surface area contributed by atoms with E-state index in [1.165, 1.54) is 19.2 Å². The van der Waals surface area contributed by atoms with Gasteiger partial charge in [-0.05, 0) is 42.3 Å². The molecule has 0 heterocycles. The Bertz CT molecular complexity index is 839. The lowest BCUT2D eigenvalue weighted by atomic mass is 10.1. The number of amides is 1. The van der Waals surface area contributed by atoms with Crippen LogP contribution in [0, 0.1) is 5.82 Å². The molecule has 0 saturated heterocycles. The van der Waals surface area contributed by atoms with E-state index < -0.39 is 30.1 Å². The van der Waals surface area contributed by atoms with E-state index in [0.717, 1.165) is 6.07 Å². The lowest BCUT2D eigenvalue weighted by molar-refractivity contribution is -0.140. The third kappa shape index (κ3) is 5.54. The van der Waals surface area contributed by atoms with Crippen molar-refractivity contribution in [3.8, 4) is 11.5 Å². The quantitative estimate of drug-likeness (QED) is 0.691. The average molecular weight is 407 g/mol. The summed E-state index contributed by atoms with van der Waals surface area (Å²) >= 11 is 0. The van der Waals surface area contributed by atoms with Gasteiger partial charge in [0.1, 0.15) is 5.82 Å². The van der Waals surface area contributed by atoms with Crippen molar-refractivity contribution in [3.05, 3.63) is 58.9 Å². The Morgan fingerprint density at radius 3 is 2.43 bits per heavy atom. The van der Waals surface area contributed by atoms with Crippen LogP contribution in [0.3, 0.4) is 0 Å². The summed E-state index contributed by atoms with van der Waals surface area (Å²) < 4.78 is 85.5. The molecule has 4 nitrogen and oxygen atoms in total. The van der Waals surface area contributed by atoms with E-state index in [1.807, 2.05) is 0 Å². The van der Waals surface area contributed by atoms with Gasteiger partial charge in [-0.2, -0.15) is 22.0 Å². The Hall–Kier alpha value is -2.91. The zero-order valence-electron chi connectivity index (χ0n) is 14.4. The highest BCUT2D eigenvalue weighted by atomic mass is 19.4. The molecule has 2 rings (SSSR count). The summed E-state index contributed by atoms with van der Waals surface area (Å²) in [6.45, 7) is -3.05. The number of hydrogen-bond acceptors (Lipinski definition) is 3. The fraction of sp³-hybridized carbons (Fsp3) is 0.278. The fourth-order valence-corrected chi connectivity index (χ4v) is 2.37. The summed E-state index contributed by atoms with van der Waals surface area (Å²) in [6.07, 6.45) is -4.74. The van der Waals surface area contributed by atoms with E-state index in [1.54, 1.807) is 6.07 Å². The first-order valence-electron chi connectivity index (χ1n) is 7.88. The zero-order chi connectivity index (χ0) is 20.9. The van der Waals surface area contributed by atoms with Gasteiger partial charge in [0.25, 0.3) is 5.91 Å². The lowest BCUT2D eigenvalue weighted by Crippen LogP contribution is -2.26. The Balaban J connectivity index is 2.03. The van der Waals surface area contributed by atoms with Crippen LogP contribution < -0.4 is 14.8 Å². The summed E-state index contributed by atoms with van der Waals surface area (Å²) in [7, 11) is 1.28. The number of carbonyl (C=O) groups excluding carboxylic acids is 1. The minimum absolute atomic E-state index is 0.00198. The maximum atomic E-state index is 13.3. The van der Waals surface area contributed by atoms with Crippen LogP contribution in [0.1, 0.15) is 21.5 Å². The standard InChI is InChI=1S/C18H15F6NO3/c1-27-14-5-2-10(8-15(14)28-17(20)21)6-7-25-16(26)11-3-4-13(19)12(9-11)18(22,23)24/h2-5,8-9,17H,6-7H2,1H3,(H,25,26). The number of alkyl halides is 5. The summed E-state index contributed by atoms with van der Waals surface area (Å²) in [5.74, 6) is -2.40. The van der Waals surface area contributed by atoms with Gasteiger partial charge in [0, 0.05) is 12.1 Å². The molecular formula is C18H15F6NO3. The molecule has 0 bridgehead atoms. The number of methoxy groups -OCH3 is 1. The molecule has 0 fully saturated rings. The largest absolute Gasteiger partial charge is 0.493 e. The van der Waals surface area contributed by atoms with Gasteiger partial charge in [-0.3, -0.25) is 4.79 Å². The Morgan fingerprint density at radius 2 is 1.82 bits per heavy atom. The lowest BCUT2D eigenvalue weighted by Gasteiger charge is -2.12. The second-order valence-corrected chi connectivity index (χ2v) is 5.56. The molecule has 1 amide bonds. The normalized spacial score (nSPS) is 11.4. The van der Waals surface area contributed by atoms with Crippen molar-refractivity contribution in [3.63, 3.8) is 0 Å². The van der Waals surface area contributed by atoms with Gasteiger partial charge in [0.15, 0.2) is 11.5 Å². The van der Waals surface area contributed by atoms with Crippen LogP contribution >= 0.6 is 0 Å². The van der Waals surface area contributed by atoms with Crippen LogP contribution in [0.15, 0.2) is 36.4 Å². The molecule has 1 N–H and O–H groups in total. The predicted octanol–water partition coefficient (Wildman–Crippen LogP) is 4.43. The molecule has 2 aromatic rings. The number of nitrogens with one attached hydrogen (secondary N) is 1. The monoisotopic (exact) mass is 407 g/mol. The summed E-state index contributed by atoms with van der Waals surface area (Å²) in [5.41, 5.74) is -1.37. The summed E-state index contributed by atoms with van der Waals surface area (Å²) in [5, 5.41) is 2.39. The van der Waals surface area contributed by atoms with Gasteiger partial charge in [-0.25, -0.2) is 4.39 Å². The maximum absolute atomic E-state index is 13.3. The SMILES string of the molecule is COc1ccc(CCNC(=O)c2ccc(F)c(C(F)(F)F)c2)cc1OC(F)F. The van der Waals surface area contributed by atoms with Crippen LogP contribution in [-0.4, -0.2) is 26.2 Å². The van der Waals surface area contributed by atoms with Gasteiger partial charge in [-0.1, -0.05) is 6.07 Å². The van der Waals surface area contributed by atoms with E-state index in [-0.39, 0.29) is 30.0 Å². The van der Waals surface area contributed by atoms with Crippen LogP contribution in [-0.2, 0) is 12.6 Å². The van der Waals surface area contributed by atoms with Crippen LogP contribution in [0.2, 0.25) is 0 Å². The summed E-state index contributed by atoms with van der Waals surface area (Å²) in [4.78, 5) is 12.0. The molecule has 10 heteroatoms. The van der Waals surface area contributed by atoms with Crippen molar-refractivity contribution in [2.45, 2.75) is 19.2 Å². The van der Waals surface area contributed by atoms with Crippen LogP contribution in [0.4, 0.5) is 26.3 Å². The topological polar surface area (TPSA) is 47.6 Å². The molecule has 0 atom stereocenters. The molecule has 0 saturated carbocycles. The number of benzene rings is 2. The minimum atomic E-state index is -4.93. The molecule has 0 radical (unpaired) electrons. The minimum Gasteiger partial charge on any atom is -0.493 e. The van der Waals surface area contributed by atoms with Crippen molar-refractivity contribution < 1.29 is 40.6 Å². The van der Waals surface area contributed by atoms with Crippen molar-refractivity contribution in [2.75, 3.05) is 13.7 Å². The van der Waals surface area contributed by atoms with Crippen molar-refractivity contribution in [2.24, 2.45) is 0 Å². The first-order chi connectivity index (χ1) is 13.1. The van der Waals surface area contributed by atoms with Gasteiger partial charge in [0.05, 0.1) is 12.7 Å². The van der Waals surface area contributed by atoms with Crippen molar-refractivity contribution >= 4 is 5.91 Å². The van der Waals surface area contributed by atoms with Crippen LogP contribution in [0.5, 0.6) is 11.5 Å². The van der Waals surface area contributed by atoms with Gasteiger partial charge in [-0.15, -0.1) is 0 Å². The second-order valence-electron chi connectivity index (χ2n) is 5.56. The number of rotatable bonds is 7. The van der Waals surface area contributed by atoms with Gasteiger partial charge < -0.3 is 14.8 Å². The number of ether oxygens (including phenoxy) is 2. The van der Waals surface area contributed by atoms with Crippen molar-refractivity contribution in [1.29, 1.82) is 0 Å². The van der Waals surface area contributed by atoms with E-state index >= 15 is 0 Å². The van der Waals surface area contributed by atoms with Gasteiger partial charge in [0.2, 0.25) is 0 Å². The average Bonchev–Trinajstić information content (AvgIpc) is 2.60. The smallest absolute Gasteiger partial charge is 0.419 e. The fourth-order valence-electron chi connectivity index (χ4n) is 2.37. The number of carbonyl (C=O) groups is 1. The third-order valence-electron chi connectivity index (χ3n) is 3.68. The second kappa shape index (κ2) is 8.85. The molecular weight excluding hydrogens is 392 g/mol. The van der Waals surface area contributed by atoms with Crippen molar-refractivity contribution in [1.82, 2.24) is 5.32 Å². The highest BCUT2D eigenvalue weighted by Gasteiger charge is 2.34. The molecule has 0 aromatic heterocycles. The molecule has 0 aliphatic rings. The Kier molecular flexibility index (Phi) is 6.76. The van der Waals surface area contributed by atoms with Crippen LogP contribution in [0.25, 0.3) is 0 Å². The molecule has 0 aliphatic carbocycles. The van der Waals surface area contributed by atoms with E-state index in [9.17, 15) is 31.1 Å².